The number of rotatable bonds is 5. The molecule has 1 heterocycles. The van der Waals surface area contributed by atoms with Crippen molar-refractivity contribution in [2.75, 3.05) is 0 Å². The molecule has 4 heteroatoms. The van der Waals surface area contributed by atoms with Gasteiger partial charge in [-0.15, -0.1) is 11.3 Å². The van der Waals surface area contributed by atoms with Crippen molar-refractivity contribution in [2.24, 2.45) is 5.84 Å². The standard InChI is InChI=1S/C14H17IN2S/c1-2-12-7-8-13(18-12)9-14(17-16)10-3-5-11(15)6-4-10/h3-8,14,17H,2,9,16H2,1H3. The molecule has 3 N–H and O–H groups in total. The smallest absolute Gasteiger partial charge is 0.0508 e. The Morgan fingerprint density at radius 2 is 1.83 bits per heavy atom. The van der Waals surface area contributed by atoms with E-state index in [-0.39, 0.29) is 6.04 Å². The number of thiophene rings is 1. The van der Waals surface area contributed by atoms with Crippen LogP contribution in [0.15, 0.2) is 36.4 Å². The van der Waals surface area contributed by atoms with Crippen molar-refractivity contribution in [3.8, 4) is 0 Å². The molecule has 0 fully saturated rings. The van der Waals surface area contributed by atoms with Crippen LogP contribution in [-0.2, 0) is 12.8 Å². The number of hydrazine groups is 1. The quantitative estimate of drug-likeness (QED) is 0.478. The van der Waals surface area contributed by atoms with E-state index in [0.29, 0.717) is 0 Å². The SMILES string of the molecule is CCc1ccc(CC(NN)c2ccc(I)cc2)s1. The zero-order chi connectivity index (χ0) is 13.0. The first-order chi connectivity index (χ1) is 8.72. The highest BCUT2D eigenvalue weighted by Gasteiger charge is 2.11. The zero-order valence-electron chi connectivity index (χ0n) is 10.3. The maximum absolute atomic E-state index is 5.68. The lowest BCUT2D eigenvalue weighted by Gasteiger charge is -2.15. The second-order valence-corrected chi connectivity index (χ2v) is 6.70. The molecule has 0 aliphatic rings. The summed E-state index contributed by atoms with van der Waals surface area (Å²) in [5.74, 6) is 5.68. The summed E-state index contributed by atoms with van der Waals surface area (Å²) in [6.45, 7) is 2.19. The van der Waals surface area contributed by atoms with E-state index in [0.717, 1.165) is 12.8 Å². The Hall–Kier alpha value is -0.430. The van der Waals surface area contributed by atoms with Gasteiger partial charge in [0.05, 0.1) is 6.04 Å². The number of nitrogens with two attached hydrogens (primary N) is 1. The molecule has 0 amide bonds. The summed E-state index contributed by atoms with van der Waals surface area (Å²) in [6.07, 6.45) is 2.05. The molecule has 96 valence electrons. The second-order valence-electron chi connectivity index (χ2n) is 4.20. The fourth-order valence-electron chi connectivity index (χ4n) is 1.89. The van der Waals surface area contributed by atoms with E-state index in [1.54, 1.807) is 0 Å². The largest absolute Gasteiger partial charge is 0.271 e. The molecule has 2 nitrogen and oxygen atoms in total. The van der Waals surface area contributed by atoms with Crippen molar-refractivity contribution in [1.29, 1.82) is 0 Å². The first kappa shape index (κ1) is 14.0. The highest BCUT2D eigenvalue weighted by Crippen LogP contribution is 2.24. The van der Waals surface area contributed by atoms with Gasteiger partial charge in [-0.2, -0.15) is 0 Å². The Morgan fingerprint density at radius 1 is 1.17 bits per heavy atom. The van der Waals surface area contributed by atoms with Gasteiger partial charge < -0.3 is 0 Å². The molecule has 2 aromatic rings. The third-order valence-corrected chi connectivity index (χ3v) is 4.92. The maximum Gasteiger partial charge on any atom is 0.0508 e. The van der Waals surface area contributed by atoms with E-state index in [9.17, 15) is 0 Å². The fourth-order valence-corrected chi connectivity index (χ4v) is 3.25. The van der Waals surface area contributed by atoms with Crippen molar-refractivity contribution in [2.45, 2.75) is 25.8 Å². The summed E-state index contributed by atoms with van der Waals surface area (Å²) in [5, 5.41) is 0. The lowest BCUT2D eigenvalue weighted by Crippen LogP contribution is -2.29. The van der Waals surface area contributed by atoms with Gasteiger partial charge in [-0.1, -0.05) is 19.1 Å². The van der Waals surface area contributed by atoms with E-state index in [1.807, 2.05) is 11.3 Å². The molecule has 1 unspecified atom stereocenters. The van der Waals surface area contributed by atoms with Crippen LogP contribution in [0.2, 0.25) is 0 Å². The molecule has 0 spiro atoms. The molecule has 0 saturated heterocycles. The number of aryl methyl sites for hydroxylation is 1. The molecule has 0 saturated carbocycles. The van der Waals surface area contributed by atoms with Crippen molar-refractivity contribution < 1.29 is 0 Å². The molecule has 2 rings (SSSR count). The Kier molecular flexibility index (Phi) is 5.17. The normalized spacial score (nSPS) is 12.6. The van der Waals surface area contributed by atoms with E-state index in [2.05, 4.69) is 71.3 Å². The Balaban J connectivity index is 2.11. The molecular weight excluding hydrogens is 355 g/mol. The van der Waals surface area contributed by atoms with E-state index >= 15 is 0 Å². The highest BCUT2D eigenvalue weighted by molar-refractivity contribution is 14.1. The van der Waals surface area contributed by atoms with Crippen LogP contribution in [0.4, 0.5) is 0 Å². The van der Waals surface area contributed by atoms with Crippen LogP contribution in [-0.4, -0.2) is 0 Å². The van der Waals surface area contributed by atoms with E-state index in [1.165, 1.54) is 18.9 Å². The third-order valence-electron chi connectivity index (χ3n) is 2.94. The fraction of sp³-hybridized carbons (Fsp3) is 0.286. The number of nitrogens with one attached hydrogen (secondary N) is 1. The van der Waals surface area contributed by atoms with Crippen LogP contribution in [0.5, 0.6) is 0 Å². The van der Waals surface area contributed by atoms with Crippen LogP contribution in [0.3, 0.4) is 0 Å². The predicted molar refractivity (Wildman–Crippen MR) is 86.6 cm³/mol. The van der Waals surface area contributed by atoms with E-state index in [4.69, 9.17) is 5.84 Å². The highest BCUT2D eigenvalue weighted by atomic mass is 127. The predicted octanol–water partition coefficient (Wildman–Crippen LogP) is 3.66. The van der Waals surface area contributed by atoms with Crippen LogP contribution in [0.25, 0.3) is 0 Å². The van der Waals surface area contributed by atoms with Gasteiger partial charge in [-0.25, -0.2) is 0 Å². The number of hydrogen-bond donors (Lipinski definition) is 2. The van der Waals surface area contributed by atoms with Crippen molar-refractivity contribution in [3.63, 3.8) is 0 Å². The van der Waals surface area contributed by atoms with Gasteiger partial charge in [0.25, 0.3) is 0 Å². The molecular formula is C14H17IN2S. The molecule has 0 radical (unpaired) electrons. The van der Waals surface area contributed by atoms with Gasteiger partial charge in [0.1, 0.15) is 0 Å². The van der Waals surface area contributed by atoms with Crippen molar-refractivity contribution in [3.05, 3.63) is 55.3 Å². The summed E-state index contributed by atoms with van der Waals surface area (Å²) in [6, 6.07) is 13.1. The number of halogens is 1. The minimum absolute atomic E-state index is 0.186. The first-order valence-electron chi connectivity index (χ1n) is 6.02. The van der Waals surface area contributed by atoms with Gasteiger partial charge in [-0.05, 0) is 58.8 Å². The average Bonchev–Trinajstić information content (AvgIpc) is 2.85. The monoisotopic (exact) mass is 372 g/mol. The van der Waals surface area contributed by atoms with Crippen LogP contribution < -0.4 is 11.3 Å². The van der Waals surface area contributed by atoms with Gasteiger partial charge >= 0.3 is 0 Å². The van der Waals surface area contributed by atoms with Gasteiger partial charge in [0.15, 0.2) is 0 Å². The average molecular weight is 372 g/mol. The molecule has 0 bridgehead atoms. The Morgan fingerprint density at radius 3 is 2.39 bits per heavy atom. The molecule has 1 aromatic heterocycles. The molecule has 18 heavy (non-hydrogen) atoms. The lowest BCUT2D eigenvalue weighted by molar-refractivity contribution is 0.555. The second kappa shape index (κ2) is 6.65. The summed E-state index contributed by atoms with van der Waals surface area (Å²) in [4.78, 5) is 2.82. The zero-order valence-corrected chi connectivity index (χ0v) is 13.3. The molecule has 0 aliphatic carbocycles. The lowest BCUT2D eigenvalue weighted by atomic mass is 10.0. The minimum Gasteiger partial charge on any atom is -0.271 e. The minimum atomic E-state index is 0.186. The van der Waals surface area contributed by atoms with Gasteiger partial charge in [-0.3, -0.25) is 11.3 Å². The summed E-state index contributed by atoms with van der Waals surface area (Å²) >= 11 is 4.19. The van der Waals surface area contributed by atoms with Crippen molar-refractivity contribution in [1.82, 2.24) is 5.43 Å². The maximum atomic E-state index is 5.68. The number of benzene rings is 1. The Bertz CT molecular complexity index is 493. The molecule has 0 aliphatic heterocycles. The molecule has 1 atom stereocenters. The van der Waals surface area contributed by atoms with Crippen LogP contribution in [0.1, 0.15) is 28.3 Å². The van der Waals surface area contributed by atoms with E-state index < -0.39 is 0 Å². The summed E-state index contributed by atoms with van der Waals surface area (Å²) in [7, 11) is 0. The summed E-state index contributed by atoms with van der Waals surface area (Å²) < 4.78 is 1.25. The Labute approximate surface area is 126 Å². The van der Waals surface area contributed by atoms with Crippen molar-refractivity contribution >= 4 is 33.9 Å². The van der Waals surface area contributed by atoms with Gasteiger partial charge in [0.2, 0.25) is 0 Å². The van der Waals surface area contributed by atoms with Crippen LogP contribution >= 0.6 is 33.9 Å². The first-order valence-corrected chi connectivity index (χ1v) is 7.91. The number of hydrogen-bond acceptors (Lipinski definition) is 3. The third kappa shape index (κ3) is 3.54. The summed E-state index contributed by atoms with van der Waals surface area (Å²) in [5.41, 5.74) is 4.16. The van der Waals surface area contributed by atoms with Crippen LogP contribution in [0, 0.1) is 3.57 Å². The molecule has 1 aromatic carbocycles. The topological polar surface area (TPSA) is 38.0 Å². The van der Waals surface area contributed by atoms with Gasteiger partial charge in [0, 0.05) is 19.7 Å².